The third-order valence-electron chi connectivity index (χ3n) is 3.25. The van der Waals surface area contributed by atoms with Crippen LogP contribution in [0.2, 0.25) is 0 Å². The number of aromatic nitrogens is 1. The van der Waals surface area contributed by atoms with Crippen molar-refractivity contribution in [1.82, 2.24) is 4.98 Å². The molecule has 0 N–H and O–H groups in total. The van der Waals surface area contributed by atoms with Crippen molar-refractivity contribution in [2.75, 3.05) is 6.79 Å². The molecule has 0 bridgehead atoms. The van der Waals surface area contributed by atoms with Gasteiger partial charge in [0.1, 0.15) is 0 Å². The number of aryl methyl sites for hydroxylation is 1. The fourth-order valence-electron chi connectivity index (χ4n) is 2.13. The van der Waals surface area contributed by atoms with Crippen molar-refractivity contribution in [3.63, 3.8) is 0 Å². The molecule has 19 heavy (non-hydrogen) atoms. The summed E-state index contributed by atoms with van der Waals surface area (Å²) in [6.07, 6.45) is 2.69. The first-order valence-corrected chi connectivity index (χ1v) is 7.10. The summed E-state index contributed by atoms with van der Waals surface area (Å²) >= 11 is 3.73. The molecule has 0 radical (unpaired) electrons. The minimum absolute atomic E-state index is 0.218. The summed E-state index contributed by atoms with van der Waals surface area (Å²) < 4.78 is 10.7. The van der Waals surface area contributed by atoms with Gasteiger partial charge in [-0.25, -0.2) is 0 Å². The van der Waals surface area contributed by atoms with Crippen LogP contribution in [0.4, 0.5) is 0 Å². The van der Waals surface area contributed by atoms with Crippen molar-refractivity contribution in [1.29, 1.82) is 0 Å². The van der Waals surface area contributed by atoms with Gasteiger partial charge in [0.2, 0.25) is 6.79 Å². The topological polar surface area (TPSA) is 31.4 Å². The molecule has 1 unspecified atom stereocenters. The van der Waals surface area contributed by atoms with Crippen LogP contribution in [0.25, 0.3) is 0 Å². The molecule has 1 aliphatic rings. The third-order valence-corrected chi connectivity index (χ3v) is 4.10. The van der Waals surface area contributed by atoms with Crippen LogP contribution in [0.3, 0.4) is 0 Å². The second kappa shape index (κ2) is 5.21. The van der Waals surface area contributed by atoms with Gasteiger partial charge in [-0.05, 0) is 36.2 Å². The SMILES string of the molecule is Cc1cccnc1CC(Br)c1ccc2c(c1)OCO2. The van der Waals surface area contributed by atoms with E-state index in [9.17, 15) is 0 Å². The maximum atomic E-state index is 5.40. The van der Waals surface area contributed by atoms with Crippen molar-refractivity contribution in [2.24, 2.45) is 0 Å². The van der Waals surface area contributed by atoms with Crippen LogP contribution in [-0.4, -0.2) is 11.8 Å². The lowest BCUT2D eigenvalue weighted by Gasteiger charge is -2.12. The number of hydrogen-bond acceptors (Lipinski definition) is 3. The van der Waals surface area contributed by atoms with Gasteiger partial charge in [0, 0.05) is 23.1 Å². The van der Waals surface area contributed by atoms with Crippen LogP contribution in [0.5, 0.6) is 11.5 Å². The molecule has 1 aliphatic heterocycles. The highest BCUT2D eigenvalue weighted by Gasteiger charge is 2.17. The zero-order valence-corrected chi connectivity index (χ0v) is 12.2. The lowest BCUT2D eigenvalue weighted by atomic mass is 10.0. The quantitative estimate of drug-likeness (QED) is 0.806. The van der Waals surface area contributed by atoms with Crippen LogP contribution in [0.1, 0.15) is 21.6 Å². The molecule has 1 aromatic carbocycles. The van der Waals surface area contributed by atoms with Gasteiger partial charge in [0.25, 0.3) is 0 Å². The number of benzene rings is 1. The summed E-state index contributed by atoms with van der Waals surface area (Å²) in [5, 5.41) is 0. The summed E-state index contributed by atoms with van der Waals surface area (Å²) in [5.41, 5.74) is 3.50. The molecule has 1 aromatic heterocycles. The monoisotopic (exact) mass is 319 g/mol. The molecular weight excluding hydrogens is 306 g/mol. The fraction of sp³-hybridized carbons (Fsp3) is 0.267. The Balaban J connectivity index is 1.81. The van der Waals surface area contributed by atoms with Gasteiger partial charge in [-0.2, -0.15) is 0 Å². The summed E-state index contributed by atoms with van der Waals surface area (Å²) in [6.45, 7) is 2.40. The molecule has 0 amide bonds. The summed E-state index contributed by atoms with van der Waals surface area (Å²) in [4.78, 5) is 4.65. The van der Waals surface area contributed by atoms with E-state index in [2.05, 4.69) is 40.0 Å². The van der Waals surface area contributed by atoms with E-state index in [4.69, 9.17) is 9.47 Å². The molecule has 0 saturated carbocycles. The molecule has 3 rings (SSSR count). The van der Waals surface area contributed by atoms with Crippen molar-refractivity contribution >= 4 is 15.9 Å². The van der Waals surface area contributed by atoms with E-state index in [1.54, 1.807) is 0 Å². The Morgan fingerprint density at radius 2 is 2.11 bits per heavy atom. The first-order valence-electron chi connectivity index (χ1n) is 6.18. The molecule has 0 aliphatic carbocycles. The number of rotatable bonds is 3. The molecule has 0 fully saturated rings. The van der Waals surface area contributed by atoms with E-state index < -0.39 is 0 Å². The number of pyridine rings is 1. The number of fused-ring (bicyclic) bond motifs is 1. The zero-order valence-electron chi connectivity index (χ0n) is 10.6. The van der Waals surface area contributed by atoms with E-state index >= 15 is 0 Å². The summed E-state index contributed by atoms with van der Waals surface area (Å²) in [7, 11) is 0. The second-order valence-corrected chi connectivity index (χ2v) is 5.66. The van der Waals surface area contributed by atoms with E-state index in [1.165, 1.54) is 11.1 Å². The van der Waals surface area contributed by atoms with Crippen LogP contribution in [0, 0.1) is 6.92 Å². The van der Waals surface area contributed by atoms with Gasteiger partial charge in [-0.1, -0.05) is 28.1 Å². The standard InChI is InChI=1S/C15H14BrNO2/c1-10-3-2-6-17-13(10)8-12(16)11-4-5-14-15(7-11)19-9-18-14/h2-7,12H,8-9H2,1H3. The lowest BCUT2D eigenvalue weighted by molar-refractivity contribution is 0.174. The average molecular weight is 320 g/mol. The largest absolute Gasteiger partial charge is 0.454 e. The molecule has 1 atom stereocenters. The third kappa shape index (κ3) is 2.59. The predicted molar refractivity (Wildman–Crippen MR) is 76.9 cm³/mol. The second-order valence-electron chi connectivity index (χ2n) is 4.55. The maximum absolute atomic E-state index is 5.40. The van der Waals surface area contributed by atoms with Crippen molar-refractivity contribution in [2.45, 2.75) is 18.2 Å². The van der Waals surface area contributed by atoms with Crippen LogP contribution in [-0.2, 0) is 6.42 Å². The average Bonchev–Trinajstić information content (AvgIpc) is 2.88. The molecule has 98 valence electrons. The van der Waals surface area contributed by atoms with Gasteiger partial charge in [0.05, 0.1) is 0 Å². The molecule has 4 heteroatoms. The van der Waals surface area contributed by atoms with Crippen molar-refractivity contribution < 1.29 is 9.47 Å². The molecule has 0 saturated heterocycles. The minimum atomic E-state index is 0.218. The number of nitrogens with zero attached hydrogens (tertiary/aromatic N) is 1. The van der Waals surface area contributed by atoms with Crippen molar-refractivity contribution in [3.8, 4) is 11.5 Å². The van der Waals surface area contributed by atoms with Crippen molar-refractivity contribution in [3.05, 3.63) is 53.3 Å². The van der Waals surface area contributed by atoms with E-state index in [1.807, 2.05) is 24.4 Å². The number of hydrogen-bond donors (Lipinski definition) is 0. The Kier molecular flexibility index (Phi) is 3.42. The molecule has 0 spiro atoms. The number of alkyl halides is 1. The number of ether oxygens (including phenoxy) is 2. The molecule has 2 aromatic rings. The van der Waals surface area contributed by atoms with Gasteiger partial charge < -0.3 is 9.47 Å². The van der Waals surface area contributed by atoms with Crippen LogP contribution < -0.4 is 9.47 Å². The first-order chi connectivity index (χ1) is 9.24. The Morgan fingerprint density at radius 1 is 1.26 bits per heavy atom. The van der Waals surface area contributed by atoms with Gasteiger partial charge in [-0.3, -0.25) is 4.98 Å². The van der Waals surface area contributed by atoms with E-state index in [0.29, 0.717) is 6.79 Å². The maximum Gasteiger partial charge on any atom is 0.231 e. The first kappa shape index (κ1) is 12.5. The zero-order chi connectivity index (χ0) is 13.2. The van der Waals surface area contributed by atoms with Gasteiger partial charge >= 0.3 is 0 Å². The van der Waals surface area contributed by atoms with Gasteiger partial charge in [-0.15, -0.1) is 0 Å². The van der Waals surface area contributed by atoms with E-state index in [-0.39, 0.29) is 4.83 Å². The fourth-order valence-corrected chi connectivity index (χ4v) is 2.72. The number of halogens is 1. The molecule has 3 nitrogen and oxygen atoms in total. The van der Waals surface area contributed by atoms with Crippen LogP contribution >= 0.6 is 15.9 Å². The predicted octanol–water partition coefficient (Wildman–Crippen LogP) is 3.80. The summed E-state index contributed by atoms with van der Waals surface area (Å²) in [6, 6.07) is 10.1. The molecule has 2 heterocycles. The van der Waals surface area contributed by atoms with E-state index in [0.717, 1.165) is 23.6 Å². The Hall–Kier alpha value is -1.55. The highest BCUT2D eigenvalue weighted by molar-refractivity contribution is 9.09. The normalized spacial score (nSPS) is 14.4. The Morgan fingerprint density at radius 3 is 2.95 bits per heavy atom. The molecular formula is C15H14BrNO2. The highest BCUT2D eigenvalue weighted by Crippen LogP contribution is 2.37. The Bertz CT molecular complexity index is 600. The lowest BCUT2D eigenvalue weighted by Crippen LogP contribution is -2.00. The smallest absolute Gasteiger partial charge is 0.231 e. The summed E-state index contributed by atoms with van der Waals surface area (Å²) in [5.74, 6) is 1.64. The highest BCUT2D eigenvalue weighted by atomic mass is 79.9. The van der Waals surface area contributed by atoms with Crippen LogP contribution in [0.15, 0.2) is 36.5 Å². The minimum Gasteiger partial charge on any atom is -0.454 e. The Labute approximate surface area is 120 Å². The van der Waals surface area contributed by atoms with Gasteiger partial charge in [0.15, 0.2) is 11.5 Å².